The average molecular weight is 229 g/mol. The lowest BCUT2D eigenvalue weighted by Gasteiger charge is -2.33. The van der Waals surface area contributed by atoms with Crippen LogP contribution in [0.15, 0.2) is 36.0 Å². The molecule has 0 bridgehead atoms. The summed E-state index contributed by atoms with van der Waals surface area (Å²) in [7, 11) is 0. The van der Waals surface area contributed by atoms with Gasteiger partial charge < -0.3 is 14.8 Å². The van der Waals surface area contributed by atoms with Gasteiger partial charge in [-0.2, -0.15) is 0 Å². The van der Waals surface area contributed by atoms with Crippen molar-refractivity contribution in [2.24, 2.45) is 0 Å². The van der Waals surface area contributed by atoms with Crippen LogP contribution in [0.2, 0.25) is 0 Å². The predicted molar refractivity (Wildman–Crippen MR) is 64.8 cm³/mol. The highest BCUT2D eigenvalue weighted by molar-refractivity contribution is 5.65. The molecule has 1 spiro atoms. The third-order valence-electron chi connectivity index (χ3n) is 3.95. The monoisotopic (exact) mass is 229 g/mol. The first-order valence-corrected chi connectivity index (χ1v) is 6.20. The highest BCUT2D eigenvalue weighted by Crippen LogP contribution is 2.48. The molecule has 2 aliphatic heterocycles. The van der Waals surface area contributed by atoms with Crippen molar-refractivity contribution >= 4 is 5.69 Å². The second kappa shape index (κ2) is 3.34. The molecular weight excluding hydrogens is 214 g/mol. The van der Waals surface area contributed by atoms with Crippen LogP contribution in [0.25, 0.3) is 0 Å². The fourth-order valence-corrected chi connectivity index (χ4v) is 3.13. The molecule has 1 N–H and O–H groups in total. The van der Waals surface area contributed by atoms with Crippen molar-refractivity contribution in [3.63, 3.8) is 0 Å². The Balaban J connectivity index is 1.74. The average Bonchev–Trinajstić information content (AvgIpc) is 2.95. The minimum atomic E-state index is -0.354. The summed E-state index contributed by atoms with van der Waals surface area (Å²) in [5, 5.41) is 3.49. The van der Waals surface area contributed by atoms with Crippen molar-refractivity contribution in [1.29, 1.82) is 0 Å². The lowest BCUT2D eigenvalue weighted by molar-refractivity contribution is -0.163. The number of allylic oxidation sites excluding steroid dienone is 1. The molecular formula is C14H15NO2. The number of anilines is 1. The maximum Gasteiger partial charge on any atom is 0.172 e. The molecule has 17 heavy (non-hydrogen) atoms. The van der Waals surface area contributed by atoms with Gasteiger partial charge in [-0.15, -0.1) is 0 Å². The topological polar surface area (TPSA) is 30.5 Å². The number of ether oxygens (including phenoxy) is 2. The van der Waals surface area contributed by atoms with Crippen molar-refractivity contribution in [1.82, 2.24) is 0 Å². The Morgan fingerprint density at radius 1 is 1.18 bits per heavy atom. The summed E-state index contributed by atoms with van der Waals surface area (Å²) < 4.78 is 11.6. The van der Waals surface area contributed by atoms with E-state index in [1.807, 2.05) is 0 Å². The van der Waals surface area contributed by atoms with Crippen LogP contribution in [0.5, 0.6) is 0 Å². The number of hydrogen-bond donors (Lipinski definition) is 1. The van der Waals surface area contributed by atoms with Crippen molar-refractivity contribution in [2.45, 2.75) is 24.5 Å². The van der Waals surface area contributed by atoms with Crippen molar-refractivity contribution in [3.05, 3.63) is 41.6 Å². The molecule has 0 aromatic heterocycles. The number of hydrogen-bond acceptors (Lipinski definition) is 3. The standard InChI is InChI=1S/C14H15NO2/c1-2-4-12-10(3-1)11-9-14(16-7-8-17-14)6-5-13(11)15-12/h1-5,11,15H,6-9H2. The summed E-state index contributed by atoms with van der Waals surface area (Å²) in [6.45, 7) is 1.45. The normalized spacial score (nSPS) is 28.5. The summed E-state index contributed by atoms with van der Waals surface area (Å²) in [6, 6.07) is 8.50. The zero-order valence-electron chi connectivity index (χ0n) is 9.61. The van der Waals surface area contributed by atoms with Gasteiger partial charge in [0.25, 0.3) is 0 Å². The SMILES string of the molecule is C1=C2Nc3ccccc3C2CC2(C1)OCCO2. The maximum atomic E-state index is 5.81. The Hall–Kier alpha value is -1.32. The van der Waals surface area contributed by atoms with Crippen LogP contribution in [-0.2, 0) is 9.47 Å². The second-order valence-electron chi connectivity index (χ2n) is 4.94. The van der Waals surface area contributed by atoms with E-state index in [1.165, 1.54) is 16.9 Å². The minimum Gasteiger partial charge on any atom is -0.358 e. The van der Waals surface area contributed by atoms with Crippen LogP contribution < -0.4 is 5.32 Å². The molecule has 1 unspecified atom stereocenters. The number of benzene rings is 1. The molecule has 1 fully saturated rings. The molecule has 1 aromatic carbocycles. The van der Waals surface area contributed by atoms with E-state index >= 15 is 0 Å². The predicted octanol–water partition coefficient (Wildman–Crippen LogP) is 2.62. The molecule has 0 radical (unpaired) electrons. The summed E-state index contributed by atoms with van der Waals surface area (Å²) in [6.07, 6.45) is 4.03. The Bertz CT molecular complexity index is 489. The van der Waals surface area contributed by atoms with Crippen LogP contribution in [0.1, 0.15) is 24.3 Å². The summed E-state index contributed by atoms with van der Waals surface area (Å²) in [5.74, 6) is 0.0610. The Kier molecular flexibility index (Phi) is 1.90. The molecule has 3 nitrogen and oxygen atoms in total. The number of para-hydroxylation sites is 1. The Morgan fingerprint density at radius 2 is 2.00 bits per heavy atom. The van der Waals surface area contributed by atoms with Gasteiger partial charge in [-0.3, -0.25) is 0 Å². The third-order valence-corrected chi connectivity index (χ3v) is 3.95. The van der Waals surface area contributed by atoms with Gasteiger partial charge in [0.2, 0.25) is 0 Å². The first-order chi connectivity index (χ1) is 8.36. The van der Waals surface area contributed by atoms with Gasteiger partial charge in [-0.25, -0.2) is 0 Å². The van der Waals surface area contributed by atoms with Crippen molar-refractivity contribution in [2.75, 3.05) is 18.5 Å². The van der Waals surface area contributed by atoms with Crippen molar-refractivity contribution < 1.29 is 9.47 Å². The smallest absolute Gasteiger partial charge is 0.172 e. The van der Waals surface area contributed by atoms with E-state index in [0.717, 1.165) is 26.1 Å². The molecule has 0 saturated carbocycles. The largest absolute Gasteiger partial charge is 0.358 e. The second-order valence-corrected chi connectivity index (χ2v) is 4.94. The fraction of sp³-hybridized carbons (Fsp3) is 0.429. The summed E-state index contributed by atoms with van der Waals surface area (Å²) in [4.78, 5) is 0. The highest BCUT2D eigenvalue weighted by atomic mass is 16.7. The molecule has 1 saturated heterocycles. The van der Waals surface area contributed by atoms with E-state index < -0.39 is 0 Å². The molecule has 3 heteroatoms. The van der Waals surface area contributed by atoms with E-state index in [-0.39, 0.29) is 5.79 Å². The van der Waals surface area contributed by atoms with Crippen molar-refractivity contribution in [3.8, 4) is 0 Å². The highest BCUT2D eigenvalue weighted by Gasteiger charge is 2.44. The molecule has 1 atom stereocenters. The van der Waals surface area contributed by atoms with Crippen LogP contribution in [0.4, 0.5) is 5.69 Å². The molecule has 2 heterocycles. The molecule has 4 rings (SSSR count). The lowest BCUT2D eigenvalue weighted by atomic mass is 9.85. The summed E-state index contributed by atoms with van der Waals surface area (Å²) in [5.41, 5.74) is 3.92. The van der Waals surface area contributed by atoms with E-state index in [9.17, 15) is 0 Å². The molecule has 3 aliphatic rings. The van der Waals surface area contributed by atoms with E-state index in [4.69, 9.17) is 9.47 Å². The van der Waals surface area contributed by atoms with E-state index in [1.54, 1.807) is 0 Å². The summed E-state index contributed by atoms with van der Waals surface area (Å²) >= 11 is 0. The van der Waals surface area contributed by atoms with Gasteiger partial charge in [0, 0.05) is 30.1 Å². The molecule has 88 valence electrons. The zero-order valence-corrected chi connectivity index (χ0v) is 9.61. The van der Waals surface area contributed by atoms with Gasteiger partial charge in [0.15, 0.2) is 5.79 Å². The van der Waals surface area contributed by atoms with Crippen LogP contribution in [0.3, 0.4) is 0 Å². The van der Waals surface area contributed by atoms with Gasteiger partial charge >= 0.3 is 0 Å². The Labute approximate surface area is 100 Å². The molecule has 1 aliphatic carbocycles. The molecule has 1 aromatic rings. The van der Waals surface area contributed by atoms with E-state index in [0.29, 0.717) is 5.92 Å². The lowest BCUT2D eigenvalue weighted by Crippen LogP contribution is -2.34. The van der Waals surface area contributed by atoms with Gasteiger partial charge in [0.05, 0.1) is 13.2 Å². The maximum absolute atomic E-state index is 5.81. The number of nitrogens with one attached hydrogen (secondary N) is 1. The minimum absolute atomic E-state index is 0.354. The quantitative estimate of drug-likeness (QED) is 0.741. The number of rotatable bonds is 0. The van der Waals surface area contributed by atoms with Crippen LogP contribution in [-0.4, -0.2) is 19.0 Å². The Morgan fingerprint density at radius 3 is 2.88 bits per heavy atom. The fourth-order valence-electron chi connectivity index (χ4n) is 3.13. The first kappa shape index (κ1) is 9.68. The van der Waals surface area contributed by atoms with E-state index in [2.05, 4.69) is 35.7 Å². The van der Waals surface area contributed by atoms with Crippen LogP contribution >= 0.6 is 0 Å². The zero-order chi connectivity index (χ0) is 11.3. The van der Waals surface area contributed by atoms with Gasteiger partial charge in [0.1, 0.15) is 0 Å². The third kappa shape index (κ3) is 1.36. The van der Waals surface area contributed by atoms with Gasteiger partial charge in [-0.1, -0.05) is 24.3 Å². The van der Waals surface area contributed by atoms with Gasteiger partial charge in [-0.05, 0) is 11.6 Å². The van der Waals surface area contributed by atoms with Crippen LogP contribution in [0, 0.1) is 0 Å². The number of fused-ring (bicyclic) bond motifs is 3. The first-order valence-electron chi connectivity index (χ1n) is 6.20. The molecule has 0 amide bonds.